The number of rotatable bonds is 6. The van der Waals surface area contributed by atoms with Crippen LogP contribution in [0.4, 0.5) is 5.69 Å². The van der Waals surface area contributed by atoms with E-state index in [1.54, 1.807) is 0 Å². The molecule has 0 saturated carbocycles. The van der Waals surface area contributed by atoms with Gasteiger partial charge in [-0.15, -0.1) is 0 Å². The van der Waals surface area contributed by atoms with Crippen molar-refractivity contribution < 1.29 is 4.79 Å². The molecule has 3 N–H and O–H groups in total. The summed E-state index contributed by atoms with van der Waals surface area (Å²) >= 11 is 0. The maximum atomic E-state index is 11.8. The lowest BCUT2D eigenvalue weighted by molar-refractivity contribution is -0.116. The maximum Gasteiger partial charge on any atom is 0.225 e. The zero-order valence-electron chi connectivity index (χ0n) is 11.4. The van der Waals surface area contributed by atoms with Crippen molar-refractivity contribution in [3.8, 4) is 0 Å². The van der Waals surface area contributed by atoms with E-state index in [0.717, 1.165) is 24.2 Å². The number of amides is 1. The molecule has 0 aliphatic rings. The van der Waals surface area contributed by atoms with Crippen LogP contribution in [0.3, 0.4) is 0 Å². The van der Waals surface area contributed by atoms with Gasteiger partial charge in [0.15, 0.2) is 0 Å². The molecule has 0 fully saturated rings. The third kappa shape index (κ3) is 4.85. The lowest BCUT2D eigenvalue weighted by Gasteiger charge is -2.15. The van der Waals surface area contributed by atoms with Crippen LogP contribution in [0.15, 0.2) is 24.3 Å². The first-order chi connectivity index (χ1) is 8.52. The van der Waals surface area contributed by atoms with Gasteiger partial charge in [-0.2, -0.15) is 0 Å². The van der Waals surface area contributed by atoms with Gasteiger partial charge in [0.25, 0.3) is 0 Å². The molecule has 4 nitrogen and oxygen atoms in total. The number of carbonyl (C=O) groups excluding carboxylic acids is 1. The van der Waals surface area contributed by atoms with E-state index in [-0.39, 0.29) is 11.9 Å². The molecule has 1 rings (SSSR count). The molecule has 0 saturated heterocycles. The fourth-order valence-electron chi connectivity index (χ4n) is 1.70. The SMILES string of the molecule is CCC(N)CC(=O)Nc1ccccc1CN(C)C. The van der Waals surface area contributed by atoms with Crippen molar-refractivity contribution >= 4 is 11.6 Å². The average molecular weight is 249 g/mol. The van der Waals surface area contributed by atoms with Crippen molar-refractivity contribution in [2.75, 3.05) is 19.4 Å². The van der Waals surface area contributed by atoms with Crippen LogP contribution in [0, 0.1) is 0 Å². The van der Waals surface area contributed by atoms with Gasteiger partial charge in [-0.1, -0.05) is 25.1 Å². The Hall–Kier alpha value is -1.39. The Bertz CT molecular complexity index is 390. The van der Waals surface area contributed by atoms with E-state index in [9.17, 15) is 4.79 Å². The Morgan fingerprint density at radius 3 is 2.67 bits per heavy atom. The Morgan fingerprint density at radius 2 is 2.06 bits per heavy atom. The fraction of sp³-hybridized carbons (Fsp3) is 0.500. The molecule has 0 aromatic heterocycles. The van der Waals surface area contributed by atoms with Crippen LogP contribution in [0.1, 0.15) is 25.3 Å². The van der Waals surface area contributed by atoms with Crippen molar-refractivity contribution in [1.29, 1.82) is 0 Å². The molecular weight excluding hydrogens is 226 g/mol. The van der Waals surface area contributed by atoms with E-state index in [2.05, 4.69) is 10.2 Å². The average Bonchev–Trinajstić information content (AvgIpc) is 2.30. The normalized spacial score (nSPS) is 12.5. The molecule has 0 bridgehead atoms. The lowest BCUT2D eigenvalue weighted by Crippen LogP contribution is -2.26. The zero-order chi connectivity index (χ0) is 13.5. The van der Waals surface area contributed by atoms with E-state index >= 15 is 0 Å². The molecular formula is C14H23N3O. The first-order valence-electron chi connectivity index (χ1n) is 6.31. The van der Waals surface area contributed by atoms with Crippen LogP contribution in [0.25, 0.3) is 0 Å². The summed E-state index contributed by atoms with van der Waals surface area (Å²) < 4.78 is 0. The van der Waals surface area contributed by atoms with Crippen molar-refractivity contribution in [2.45, 2.75) is 32.4 Å². The molecule has 4 heteroatoms. The minimum absolute atomic E-state index is 0.0180. The number of anilines is 1. The van der Waals surface area contributed by atoms with Crippen molar-refractivity contribution in [2.24, 2.45) is 5.73 Å². The van der Waals surface area contributed by atoms with E-state index in [1.807, 2.05) is 45.3 Å². The third-order valence-electron chi connectivity index (χ3n) is 2.75. The number of nitrogens with two attached hydrogens (primary N) is 1. The van der Waals surface area contributed by atoms with E-state index < -0.39 is 0 Å². The number of nitrogens with one attached hydrogen (secondary N) is 1. The van der Waals surface area contributed by atoms with Crippen LogP contribution in [-0.4, -0.2) is 30.9 Å². The van der Waals surface area contributed by atoms with Crippen LogP contribution < -0.4 is 11.1 Å². The second kappa shape index (κ2) is 7.13. The van der Waals surface area contributed by atoms with Crippen LogP contribution in [-0.2, 0) is 11.3 Å². The monoisotopic (exact) mass is 249 g/mol. The van der Waals surface area contributed by atoms with Crippen LogP contribution in [0.2, 0.25) is 0 Å². The third-order valence-corrected chi connectivity index (χ3v) is 2.75. The summed E-state index contributed by atoms with van der Waals surface area (Å²) in [7, 11) is 4.01. The highest BCUT2D eigenvalue weighted by molar-refractivity contribution is 5.91. The minimum atomic E-state index is -0.0639. The molecule has 0 spiro atoms. The first-order valence-corrected chi connectivity index (χ1v) is 6.31. The largest absolute Gasteiger partial charge is 0.327 e. The summed E-state index contributed by atoms with van der Waals surface area (Å²) in [6, 6.07) is 7.79. The van der Waals surface area contributed by atoms with Crippen molar-refractivity contribution in [1.82, 2.24) is 4.90 Å². The van der Waals surface area contributed by atoms with Gasteiger partial charge in [0.1, 0.15) is 0 Å². The van der Waals surface area contributed by atoms with Crippen LogP contribution in [0.5, 0.6) is 0 Å². The molecule has 0 aliphatic heterocycles. The van der Waals surface area contributed by atoms with Gasteiger partial charge in [0.05, 0.1) is 0 Å². The molecule has 1 aromatic carbocycles. The van der Waals surface area contributed by atoms with Gasteiger partial charge in [0.2, 0.25) is 5.91 Å². The highest BCUT2D eigenvalue weighted by atomic mass is 16.1. The van der Waals surface area contributed by atoms with Crippen molar-refractivity contribution in [3.05, 3.63) is 29.8 Å². The van der Waals surface area contributed by atoms with E-state index in [0.29, 0.717) is 6.42 Å². The summed E-state index contributed by atoms with van der Waals surface area (Å²) in [5.74, 6) is -0.0180. The molecule has 1 unspecified atom stereocenters. The quantitative estimate of drug-likeness (QED) is 0.808. The summed E-state index contributed by atoms with van der Waals surface area (Å²) in [5, 5.41) is 2.94. The minimum Gasteiger partial charge on any atom is -0.327 e. The summed E-state index contributed by atoms with van der Waals surface area (Å²) in [6.45, 7) is 2.79. The molecule has 100 valence electrons. The van der Waals surface area contributed by atoms with Crippen molar-refractivity contribution in [3.63, 3.8) is 0 Å². The zero-order valence-corrected chi connectivity index (χ0v) is 11.4. The number of para-hydroxylation sites is 1. The number of benzene rings is 1. The summed E-state index contributed by atoms with van der Waals surface area (Å²) in [5.41, 5.74) is 7.76. The Morgan fingerprint density at radius 1 is 1.39 bits per heavy atom. The van der Waals surface area contributed by atoms with E-state index in [1.165, 1.54) is 0 Å². The Kier molecular flexibility index (Phi) is 5.82. The second-order valence-corrected chi connectivity index (χ2v) is 4.82. The summed E-state index contributed by atoms with van der Waals surface area (Å²) in [6.07, 6.45) is 1.18. The Balaban J connectivity index is 2.68. The highest BCUT2D eigenvalue weighted by Gasteiger charge is 2.10. The number of carbonyl (C=O) groups is 1. The standard InChI is InChI=1S/C14H23N3O/c1-4-12(15)9-14(18)16-13-8-6-5-7-11(13)10-17(2)3/h5-8,12H,4,9-10,15H2,1-3H3,(H,16,18). The number of hydrogen-bond donors (Lipinski definition) is 2. The van der Waals surface area contributed by atoms with Crippen LogP contribution >= 0.6 is 0 Å². The van der Waals surface area contributed by atoms with Gasteiger partial charge in [-0.25, -0.2) is 0 Å². The second-order valence-electron chi connectivity index (χ2n) is 4.82. The number of hydrogen-bond acceptors (Lipinski definition) is 3. The molecule has 1 atom stereocenters. The predicted molar refractivity (Wildman–Crippen MR) is 75.3 cm³/mol. The van der Waals surface area contributed by atoms with E-state index in [4.69, 9.17) is 5.73 Å². The molecule has 18 heavy (non-hydrogen) atoms. The molecule has 1 aromatic rings. The van der Waals surface area contributed by atoms with Gasteiger partial charge in [-0.3, -0.25) is 4.79 Å². The first kappa shape index (κ1) is 14.7. The highest BCUT2D eigenvalue weighted by Crippen LogP contribution is 2.16. The molecule has 0 radical (unpaired) electrons. The maximum absolute atomic E-state index is 11.8. The smallest absolute Gasteiger partial charge is 0.225 e. The van der Waals surface area contributed by atoms with Gasteiger partial charge < -0.3 is 16.0 Å². The molecule has 1 amide bonds. The van der Waals surface area contributed by atoms with Gasteiger partial charge in [-0.05, 0) is 32.1 Å². The molecule has 0 heterocycles. The lowest BCUT2D eigenvalue weighted by atomic mass is 10.1. The fourth-order valence-corrected chi connectivity index (χ4v) is 1.70. The topological polar surface area (TPSA) is 58.4 Å². The summed E-state index contributed by atoms with van der Waals surface area (Å²) in [4.78, 5) is 13.9. The van der Waals surface area contributed by atoms with Gasteiger partial charge >= 0.3 is 0 Å². The predicted octanol–water partition coefficient (Wildman–Crippen LogP) is 1.81. The molecule has 0 aliphatic carbocycles. The number of nitrogens with zero attached hydrogens (tertiary/aromatic N) is 1. The Labute approximate surface area is 109 Å². The van der Waals surface area contributed by atoms with Gasteiger partial charge in [0, 0.05) is 24.7 Å².